The third-order valence-corrected chi connectivity index (χ3v) is 3.83. The minimum Gasteiger partial charge on any atom is -0.355 e. The minimum atomic E-state index is -0.0118. The smallest absolute Gasteiger partial charge is 0.239 e. The number of aromatic nitrogens is 1. The van der Waals surface area contributed by atoms with E-state index in [9.17, 15) is 9.59 Å². The lowest BCUT2D eigenvalue weighted by Gasteiger charge is -2.07. The molecule has 2 rings (SSSR count). The van der Waals surface area contributed by atoms with Gasteiger partial charge in [-0.2, -0.15) is 0 Å². The molecule has 0 aliphatic rings. The van der Waals surface area contributed by atoms with Gasteiger partial charge < -0.3 is 20.4 Å². The first-order valence-electron chi connectivity index (χ1n) is 8.09. The number of para-hydroxylation sites is 1. The molecule has 123 valence electrons. The lowest BCUT2D eigenvalue weighted by molar-refractivity contribution is -0.121. The van der Waals surface area contributed by atoms with Crippen molar-refractivity contribution >= 4 is 23.1 Å². The number of nitrogens with one attached hydrogen (secondary N) is 1. The van der Waals surface area contributed by atoms with E-state index >= 15 is 0 Å². The Kier molecular flexibility index (Phi) is 6.81. The maximum absolute atomic E-state index is 12.1. The van der Waals surface area contributed by atoms with Crippen molar-refractivity contribution < 1.29 is 9.59 Å². The molecule has 0 unspecified atom stereocenters. The molecule has 23 heavy (non-hydrogen) atoms. The molecule has 0 aliphatic carbocycles. The molecule has 1 radical (unpaired) electrons. The van der Waals surface area contributed by atoms with Gasteiger partial charge in [0.2, 0.25) is 5.91 Å². The van der Waals surface area contributed by atoms with Crippen LogP contribution >= 0.6 is 0 Å². The van der Waals surface area contributed by atoms with Crippen molar-refractivity contribution in [2.24, 2.45) is 5.73 Å². The first-order valence-corrected chi connectivity index (χ1v) is 8.09. The van der Waals surface area contributed by atoms with E-state index in [-0.39, 0.29) is 12.5 Å². The molecule has 1 aromatic heterocycles. The van der Waals surface area contributed by atoms with E-state index in [1.54, 1.807) is 0 Å². The highest BCUT2D eigenvalue weighted by molar-refractivity contribution is 5.90. The van der Waals surface area contributed by atoms with Gasteiger partial charge in [0, 0.05) is 23.6 Å². The maximum Gasteiger partial charge on any atom is 0.239 e. The summed E-state index contributed by atoms with van der Waals surface area (Å²) in [5.41, 5.74) is 7.24. The van der Waals surface area contributed by atoms with Gasteiger partial charge in [-0.3, -0.25) is 4.79 Å². The third-order valence-electron chi connectivity index (χ3n) is 3.83. The van der Waals surface area contributed by atoms with Crippen LogP contribution in [-0.2, 0) is 16.1 Å². The minimum absolute atomic E-state index is 0.0118. The molecule has 0 spiro atoms. The molecular formula is C18H24N3O2. The van der Waals surface area contributed by atoms with Crippen LogP contribution in [0.25, 0.3) is 10.9 Å². The molecule has 0 saturated heterocycles. The lowest BCUT2D eigenvalue weighted by atomic mass is 10.1. The first-order chi connectivity index (χ1) is 11.3. The molecule has 3 N–H and O–H groups in total. The van der Waals surface area contributed by atoms with Gasteiger partial charge in [-0.05, 0) is 31.0 Å². The number of hydrogen-bond acceptors (Lipinski definition) is 3. The van der Waals surface area contributed by atoms with E-state index in [1.807, 2.05) is 35.0 Å². The second-order valence-electron chi connectivity index (χ2n) is 5.59. The number of unbranched alkanes of at least 4 members (excludes halogenated alkanes) is 3. The first kappa shape index (κ1) is 17.2. The summed E-state index contributed by atoms with van der Waals surface area (Å²) in [4.78, 5) is 22.8. The zero-order valence-corrected chi connectivity index (χ0v) is 13.3. The number of rotatable bonds is 10. The Morgan fingerprint density at radius 2 is 1.96 bits per heavy atom. The second-order valence-corrected chi connectivity index (χ2v) is 5.59. The number of carbonyl (C=O) groups is 2. The molecule has 0 aliphatic heterocycles. The van der Waals surface area contributed by atoms with Crippen molar-refractivity contribution in [2.45, 2.75) is 32.2 Å². The summed E-state index contributed by atoms with van der Waals surface area (Å²) >= 11 is 0. The second kappa shape index (κ2) is 9.10. The van der Waals surface area contributed by atoms with E-state index in [0.717, 1.165) is 55.0 Å². The zero-order valence-electron chi connectivity index (χ0n) is 13.3. The Balaban J connectivity index is 1.90. The van der Waals surface area contributed by atoms with Crippen LogP contribution in [0, 0.1) is 6.42 Å². The van der Waals surface area contributed by atoms with Gasteiger partial charge in [0.25, 0.3) is 0 Å². The SMILES string of the molecule is NCCCCCCNC(=O)Cn1cc([CH]C=O)c2ccccc21. The zero-order chi connectivity index (χ0) is 16.5. The molecule has 2 aromatic rings. The fraction of sp³-hybridized carbons (Fsp3) is 0.389. The number of amides is 1. The molecule has 1 aromatic carbocycles. The van der Waals surface area contributed by atoms with Crippen LogP contribution in [0.2, 0.25) is 0 Å². The molecule has 5 heteroatoms. The van der Waals surface area contributed by atoms with Crippen molar-refractivity contribution in [3.8, 4) is 0 Å². The Labute approximate surface area is 136 Å². The van der Waals surface area contributed by atoms with Crippen molar-refractivity contribution in [3.05, 3.63) is 42.4 Å². The van der Waals surface area contributed by atoms with Crippen LogP contribution in [-0.4, -0.2) is 29.8 Å². The fourth-order valence-electron chi connectivity index (χ4n) is 2.67. The summed E-state index contributed by atoms with van der Waals surface area (Å²) in [6.45, 7) is 1.68. The van der Waals surface area contributed by atoms with Crippen LogP contribution in [0.15, 0.2) is 30.5 Å². The number of nitrogens with zero attached hydrogens (tertiary/aromatic N) is 1. The van der Waals surface area contributed by atoms with Gasteiger partial charge in [-0.25, -0.2) is 0 Å². The molecule has 0 fully saturated rings. The predicted molar refractivity (Wildman–Crippen MR) is 91.9 cm³/mol. The highest BCUT2D eigenvalue weighted by atomic mass is 16.1. The topological polar surface area (TPSA) is 77.1 Å². The summed E-state index contributed by atoms with van der Waals surface area (Å²) in [6.07, 6.45) is 8.35. The molecular weight excluding hydrogens is 290 g/mol. The molecule has 0 saturated carbocycles. The molecule has 1 heterocycles. The molecule has 1 amide bonds. The van der Waals surface area contributed by atoms with Crippen LogP contribution in [0.1, 0.15) is 31.2 Å². The van der Waals surface area contributed by atoms with Gasteiger partial charge in [-0.15, -0.1) is 0 Å². The van der Waals surface area contributed by atoms with Gasteiger partial charge in [0.1, 0.15) is 12.8 Å². The van der Waals surface area contributed by atoms with Gasteiger partial charge in [0.15, 0.2) is 0 Å². The van der Waals surface area contributed by atoms with Crippen molar-refractivity contribution in [1.29, 1.82) is 0 Å². The highest BCUT2D eigenvalue weighted by Crippen LogP contribution is 2.22. The number of carbonyl (C=O) groups excluding carboxylic acids is 2. The van der Waals surface area contributed by atoms with Crippen LogP contribution in [0.4, 0.5) is 0 Å². The monoisotopic (exact) mass is 314 g/mol. The van der Waals surface area contributed by atoms with Gasteiger partial charge in [-0.1, -0.05) is 31.0 Å². The summed E-state index contributed by atoms with van der Waals surface area (Å²) < 4.78 is 1.88. The number of hydrogen-bond donors (Lipinski definition) is 2. The largest absolute Gasteiger partial charge is 0.355 e. The summed E-state index contributed by atoms with van der Waals surface area (Å²) in [6, 6.07) is 7.77. The summed E-state index contributed by atoms with van der Waals surface area (Å²) in [5, 5.41) is 3.92. The van der Waals surface area contributed by atoms with E-state index in [2.05, 4.69) is 5.32 Å². The normalized spacial score (nSPS) is 10.8. The van der Waals surface area contributed by atoms with E-state index in [4.69, 9.17) is 5.73 Å². The van der Waals surface area contributed by atoms with Gasteiger partial charge in [0.05, 0.1) is 6.42 Å². The fourth-order valence-corrected chi connectivity index (χ4v) is 2.67. The van der Waals surface area contributed by atoms with Crippen molar-refractivity contribution in [1.82, 2.24) is 9.88 Å². The van der Waals surface area contributed by atoms with E-state index in [1.165, 1.54) is 6.42 Å². The summed E-state index contributed by atoms with van der Waals surface area (Å²) in [5.74, 6) is -0.0118. The predicted octanol–water partition coefficient (Wildman–Crippen LogP) is 2.03. The lowest BCUT2D eigenvalue weighted by Crippen LogP contribution is -2.28. The quantitative estimate of drug-likeness (QED) is 0.520. The molecule has 0 atom stereocenters. The number of fused-ring (bicyclic) bond motifs is 1. The van der Waals surface area contributed by atoms with Crippen LogP contribution in [0.5, 0.6) is 0 Å². The van der Waals surface area contributed by atoms with Crippen molar-refractivity contribution in [3.63, 3.8) is 0 Å². The summed E-state index contributed by atoms with van der Waals surface area (Å²) in [7, 11) is 0. The third kappa shape index (κ3) is 4.93. The van der Waals surface area contributed by atoms with Crippen LogP contribution in [0.3, 0.4) is 0 Å². The van der Waals surface area contributed by atoms with E-state index in [0.29, 0.717) is 6.54 Å². The Bertz CT molecular complexity index is 649. The van der Waals surface area contributed by atoms with E-state index < -0.39 is 0 Å². The molecule has 5 nitrogen and oxygen atoms in total. The molecule has 0 bridgehead atoms. The van der Waals surface area contributed by atoms with Gasteiger partial charge >= 0.3 is 0 Å². The maximum atomic E-state index is 12.1. The average molecular weight is 314 g/mol. The standard InChI is InChI=1S/C18H24N3O2/c19-10-5-1-2-6-11-20-18(23)14-21-13-15(9-12-22)16-7-3-4-8-17(16)21/h3-4,7-9,12-13H,1-2,5-6,10-11,14,19H2,(H,20,23). The Hall–Kier alpha value is -2.14. The number of benzene rings is 1. The Morgan fingerprint density at radius 1 is 1.17 bits per heavy atom. The number of aldehydes is 1. The number of nitrogens with two attached hydrogens (primary N) is 1. The van der Waals surface area contributed by atoms with Crippen molar-refractivity contribution in [2.75, 3.05) is 13.1 Å². The average Bonchev–Trinajstić information content (AvgIpc) is 2.89. The van der Waals surface area contributed by atoms with Crippen LogP contribution < -0.4 is 11.1 Å². The Morgan fingerprint density at radius 3 is 2.74 bits per heavy atom. The highest BCUT2D eigenvalue weighted by Gasteiger charge is 2.10.